The van der Waals surface area contributed by atoms with E-state index in [9.17, 15) is 9.00 Å². The monoisotopic (exact) mass is 213 g/mol. The number of carbonyl (C=O) groups is 1. The summed E-state index contributed by atoms with van der Waals surface area (Å²) in [4.78, 5) is 11.2. The number of nitrogens with zero attached hydrogens (tertiary/aromatic N) is 1. The van der Waals surface area contributed by atoms with Crippen molar-refractivity contribution >= 4 is 15.8 Å². The van der Waals surface area contributed by atoms with Crippen LogP contribution in [0.1, 0.15) is 0 Å². The number of benzene rings is 1. The molecule has 0 saturated heterocycles. The van der Waals surface area contributed by atoms with Gasteiger partial charge in [0.05, 0.1) is 11.4 Å². The van der Waals surface area contributed by atoms with Crippen LogP contribution in [0.3, 0.4) is 0 Å². The van der Waals surface area contributed by atoms with Gasteiger partial charge in [-0.3, -0.25) is 4.79 Å². The Hall–Kier alpha value is -1.24. The highest BCUT2D eigenvalue weighted by atomic mass is 32.2. The summed E-state index contributed by atoms with van der Waals surface area (Å²) in [5.41, 5.74) is 5.03. The van der Waals surface area contributed by atoms with E-state index in [1.54, 1.807) is 30.3 Å². The quantitative estimate of drug-likeness (QED) is 0.716. The van der Waals surface area contributed by atoms with Gasteiger partial charge in [0.2, 0.25) is 0 Å². The van der Waals surface area contributed by atoms with Gasteiger partial charge in [0, 0.05) is 0 Å². The number of rotatable bonds is 2. The highest BCUT2D eigenvalue weighted by Crippen LogP contribution is 2.07. The van der Waals surface area contributed by atoms with E-state index in [-0.39, 0.29) is 6.54 Å². The van der Waals surface area contributed by atoms with Crippen LogP contribution >= 0.6 is 0 Å². The van der Waals surface area contributed by atoms with E-state index in [1.165, 1.54) is 0 Å². The zero-order valence-corrected chi connectivity index (χ0v) is 8.24. The molecule has 1 atom stereocenters. The molecule has 1 rings (SSSR count). The van der Waals surface area contributed by atoms with Crippen LogP contribution in [0.2, 0.25) is 0 Å². The molecule has 1 amide bonds. The molecule has 0 aliphatic heterocycles. The van der Waals surface area contributed by atoms with E-state index in [0.29, 0.717) is 4.90 Å². The molecule has 1 aromatic carbocycles. The Bertz CT molecular complexity index is 435. The Labute approximate surface area is 82.4 Å². The molecule has 0 spiro atoms. The van der Waals surface area contributed by atoms with E-state index in [4.69, 9.17) is 10.9 Å². The summed E-state index contributed by atoms with van der Waals surface area (Å²) in [5.74, 6) is -0.665. The fourth-order valence-corrected chi connectivity index (χ4v) is 1.89. The Morgan fingerprint density at radius 3 is 2.43 bits per heavy atom. The van der Waals surface area contributed by atoms with Gasteiger partial charge < -0.3 is 5.73 Å². The zero-order chi connectivity index (χ0) is 10.6. The molecule has 5 nitrogen and oxygen atoms in total. The molecular formula is C8H11N3O2S. The van der Waals surface area contributed by atoms with Crippen LogP contribution < -0.4 is 10.9 Å². The number of carbonyl (C=O) groups excluding carboxylic acids is 1. The molecule has 1 unspecified atom stereocenters. The van der Waals surface area contributed by atoms with E-state index < -0.39 is 15.8 Å². The summed E-state index contributed by atoms with van der Waals surface area (Å²) >= 11 is 0. The molecule has 0 bridgehead atoms. The van der Waals surface area contributed by atoms with Crippen LogP contribution in [0.5, 0.6) is 0 Å². The summed E-state index contributed by atoms with van der Waals surface area (Å²) in [6.07, 6.45) is 0. The highest BCUT2D eigenvalue weighted by Gasteiger charge is 2.07. The molecule has 6 heteroatoms. The third kappa shape index (κ3) is 2.63. The van der Waals surface area contributed by atoms with E-state index in [1.807, 2.05) is 0 Å². The molecule has 76 valence electrons. The van der Waals surface area contributed by atoms with Crippen LogP contribution in [-0.4, -0.2) is 16.7 Å². The van der Waals surface area contributed by atoms with Gasteiger partial charge in [-0.25, -0.2) is 9.35 Å². The zero-order valence-electron chi connectivity index (χ0n) is 7.42. The first kappa shape index (κ1) is 10.8. The Balaban J connectivity index is 3.15. The molecule has 1 aromatic rings. The van der Waals surface area contributed by atoms with Crippen LogP contribution in [0.25, 0.3) is 0 Å². The largest absolute Gasteiger partial charge is 0.322 e. The Kier molecular flexibility index (Phi) is 3.34. The Morgan fingerprint density at radius 1 is 1.36 bits per heavy atom. The van der Waals surface area contributed by atoms with Crippen molar-refractivity contribution in [1.82, 2.24) is 0 Å². The van der Waals surface area contributed by atoms with Crippen molar-refractivity contribution in [3.05, 3.63) is 30.3 Å². The molecule has 0 radical (unpaired) electrons. The number of hydrogen-bond acceptors (Lipinski definition) is 3. The third-order valence-electron chi connectivity index (χ3n) is 1.49. The van der Waals surface area contributed by atoms with Gasteiger partial charge in [-0.15, -0.1) is 4.36 Å². The molecule has 0 saturated carbocycles. The molecule has 14 heavy (non-hydrogen) atoms. The molecule has 0 aromatic heterocycles. The van der Waals surface area contributed by atoms with Gasteiger partial charge in [-0.2, -0.15) is 0 Å². The lowest BCUT2D eigenvalue weighted by Gasteiger charge is -2.01. The maximum absolute atomic E-state index is 11.7. The van der Waals surface area contributed by atoms with E-state index in [0.717, 1.165) is 0 Å². The van der Waals surface area contributed by atoms with Crippen molar-refractivity contribution in [2.45, 2.75) is 4.90 Å². The van der Waals surface area contributed by atoms with Gasteiger partial charge in [-0.05, 0) is 12.1 Å². The smallest absolute Gasteiger partial charge is 0.268 e. The predicted octanol–water partition coefficient (Wildman–Crippen LogP) is -0.127. The summed E-state index contributed by atoms with van der Waals surface area (Å²) in [6.45, 7) is -0.291. The van der Waals surface area contributed by atoms with Crippen molar-refractivity contribution in [1.29, 1.82) is 0 Å². The van der Waals surface area contributed by atoms with E-state index >= 15 is 0 Å². The van der Waals surface area contributed by atoms with Gasteiger partial charge in [-0.1, -0.05) is 18.2 Å². The van der Waals surface area contributed by atoms with Crippen molar-refractivity contribution in [3.63, 3.8) is 0 Å². The van der Waals surface area contributed by atoms with Crippen molar-refractivity contribution in [2.24, 2.45) is 15.2 Å². The minimum Gasteiger partial charge on any atom is -0.322 e. The molecular weight excluding hydrogens is 202 g/mol. The topological polar surface area (TPSA) is 98.5 Å². The highest BCUT2D eigenvalue weighted by molar-refractivity contribution is 7.91. The van der Waals surface area contributed by atoms with Gasteiger partial charge in [0.25, 0.3) is 5.91 Å². The minimum atomic E-state index is -3.13. The third-order valence-corrected chi connectivity index (χ3v) is 2.92. The normalized spacial score (nSPS) is 14.4. The van der Waals surface area contributed by atoms with Gasteiger partial charge in [0.1, 0.15) is 9.92 Å². The minimum absolute atomic E-state index is 0.291. The fourth-order valence-electron chi connectivity index (χ4n) is 0.857. The van der Waals surface area contributed by atoms with Crippen LogP contribution in [0.15, 0.2) is 39.6 Å². The first-order valence-electron chi connectivity index (χ1n) is 3.89. The fraction of sp³-hybridized carbons (Fsp3) is 0.125. The average Bonchev–Trinajstić information content (AvgIpc) is 2.18. The van der Waals surface area contributed by atoms with Crippen molar-refractivity contribution < 1.29 is 9.00 Å². The van der Waals surface area contributed by atoms with E-state index in [2.05, 4.69) is 4.36 Å². The molecule has 0 aliphatic carbocycles. The number of amides is 1. The number of nitrogens with two attached hydrogens (primary N) is 2. The van der Waals surface area contributed by atoms with Crippen LogP contribution in [0, 0.1) is 0 Å². The van der Waals surface area contributed by atoms with Crippen LogP contribution in [0.4, 0.5) is 0 Å². The second-order valence-corrected chi connectivity index (χ2v) is 4.36. The molecule has 4 N–H and O–H groups in total. The summed E-state index contributed by atoms with van der Waals surface area (Å²) < 4.78 is 15.0. The SMILES string of the molecule is NCC(=O)N=S(N)(=O)c1ccccc1. The summed E-state index contributed by atoms with van der Waals surface area (Å²) in [6, 6.07) is 8.20. The standard InChI is InChI=1S/C8H11N3O2S/c9-6-8(12)11-14(10,13)7-4-2-1-3-5-7/h1-5H,6,9H2,(H2,10,11,12,13). The predicted molar refractivity (Wildman–Crippen MR) is 53.5 cm³/mol. The van der Waals surface area contributed by atoms with Gasteiger partial charge >= 0.3 is 0 Å². The maximum Gasteiger partial charge on any atom is 0.268 e. The maximum atomic E-state index is 11.7. The first-order valence-corrected chi connectivity index (χ1v) is 5.47. The lowest BCUT2D eigenvalue weighted by atomic mass is 10.4. The first-order chi connectivity index (χ1) is 6.56. The second kappa shape index (κ2) is 4.32. The van der Waals surface area contributed by atoms with Crippen molar-refractivity contribution in [3.8, 4) is 0 Å². The van der Waals surface area contributed by atoms with Gasteiger partial charge in [0.15, 0.2) is 0 Å². The number of hydrogen-bond donors (Lipinski definition) is 2. The lowest BCUT2D eigenvalue weighted by molar-refractivity contribution is -0.116. The summed E-state index contributed by atoms with van der Waals surface area (Å²) in [5, 5.41) is 5.40. The summed E-state index contributed by atoms with van der Waals surface area (Å²) in [7, 11) is -3.13. The molecule has 0 heterocycles. The lowest BCUT2D eigenvalue weighted by Crippen LogP contribution is -2.18. The Morgan fingerprint density at radius 2 is 1.93 bits per heavy atom. The molecule has 0 aliphatic rings. The molecule has 0 fully saturated rings. The van der Waals surface area contributed by atoms with Crippen molar-refractivity contribution in [2.75, 3.05) is 6.54 Å². The van der Waals surface area contributed by atoms with Crippen LogP contribution in [-0.2, 0) is 14.7 Å². The average molecular weight is 213 g/mol. The second-order valence-electron chi connectivity index (χ2n) is 2.57.